The first-order chi connectivity index (χ1) is 13.4. The summed E-state index contributed by atoms with van der Waals surface area (Å²) in [5, 5.41) is 0. The van der Waals surface area contributed by atoms with Gasteiger partial charge >= 0.3 is 0 Å². The van der Waals surface area contributed by atoms with Gasteiger partial charge in [0, 0.05) is 4.47 Å². The summed E-state index contributed by atoms with van der Waals surface area (Å²) in [6.45, 7) is 21.7. The van der Waals surface area contributed by atoms with Gasteiger partial charge in [-0.2, -0.15) is 0 Å². The van der Waals surface area contributed by atoms with Gasteiger partial charge < -0.3 is 4.74 Å². The number of aryl methyl sites for hydroxylation is 2. The van der Waals surface area contributed by atoms with Crippen LogP contribution in [-0.4, -0.2) is 12.9 Å². The van der Waals surface area contributed by atoms with E-state index >= 15 is 0 Å². The lowest BCUT2D eigenvalue weighted by atomic mass is 9.96. The highest BCUT2D eigenvalue weighted by molar-refractivity contribution is 9.10. The molecular weight excluding hydrogens is 424 g/mol. The molecule has 0 saturated heterocycles. The second-order valence-corrected chi connectivity index (χ2v) is 8.19. The number of benzene rings is 1. The molecule has 0 radical (unpaired) electrons. The van der Waals surface area contributed by atoms with Crippen molar-refractivity contribution in [2.24, 2.45) is 0 Å². The van der Waals surface area contributed by atoms with Crippen LogP contribution in [0.1, 0.15) is 71.1 Å². The van der Waals surface area contributed by atoms with Crippen molar-refractivity contribution in [1.29, 1.82) is 0 Å². The minimum atomic E-state index is 0.0185. The zero-order valence-corrected chi connectivity index (χ0v) is 21.5. The molecule has 0 heterocycles. The molecule has 2 nitrogen and oxygen atoms in total. The Balaban J connectivity index is 0. The molecule has 0 N–H and O–H groups in total. The van der Waals surface area contributed by atoms with Crippen molar-refractivity contribution in [1.82, 2.24) is 0 Å². The van der Waals surface area contributed by atoms with E-state index in [0.717, 1.165) is 5.76 Å². The highest BCUT2D eigenvalue weighted by Gasteiger charge is 2.05. The zero-order chi connectivity index (χ0) is 23.1. The lowest BCUT2D eigenvalue weighted by Crippen LogP contribution is -1.93. The maximum Gasteiger partial charge on any atom is 0.152 e. The molecule has 0 atom stereocenters. The van der Waals surface area contributed by atoms with Crippen LogP contribution in [0.3, 0.4) is 0 Å². The fourth-order valence-corrected chi connectivity index (χ4v) is 2.54. The molecule has 29 heavy (non-hydrogen) atoms. The van der Waals surface area contributed by atoms with Crippen molar-refractivity contribution in [2.45, 2.75) is 68.2 Å². The Kier molecular flexibility index (Phi) is 16.2. The van der Waals surface area contributed by atoms with Crippen LogP contribution in [0.4, 0.5) is 0 Å². The normalized spacial score (nSPS) is 10.6. The third-order valence-electron chi connectivity index (χ3n) is 4.26. The third-order valence-corrected chi connectivity index (χ3v) is 5.12. The third kappa shape index (κ3) is 13.9. The molecule has 0 saturated carbocycles. The number of rotatable bonds is 5. The summed E-state index contributed by atoms with van der Waals surface area (Å²) >= 11 is 3.53. The molecule has 0 aliphatic carbocycles. The van der Waals surface area contributed by atoms with E-state index in [1.807, 2.05) is 19.1 Å². The molecule has 0 bridgehead atoms. The molecule has 1 aromatic carbocycles. The zero-order valence-electron chi connectivity index (χ0n) is 19.9. The molecule has 0 aromatic heterocycles. The number of ether oxygens (including phenoxy) is 1. The summed E-state index contributed by atoms with van der Waals surface area (Å²) in [6.07, 6.45) is 7.26. The number of methoxy groups -OCH3 is 1. The first kappa shape index (κ1) is 29.3. The first-order valence-electron chi connectivity index (χ1n) is 9.83. The Morgan fingerprint density at radius 2 is 1.59 bits per heavy atom. The minimum absolute atomic E-state index is 0.0185. The SMILES string of the molecule is C/C=C(\C=C/C(C)=C(C)C)OC.C=CC(C)=O.Cc1cc(C(C)C)c(C)cc1Br. The molecular formula is C26H39BrO2. The van der Waals surface area contributed by atoms with Crippen molar-refractivity contribution in [3.8, 4) is 0 Å². The van der Waals surface area contributed by atoms with Gasteiger partial charge in [0.2, 0.25) is 0 Å². The largest absolute Gasteiger partial charge is 0.497 e. The molecule has 3 heteroatoms. The van der Waals surface area contributed by atoms with Gasteiger partial charge in [-0.15, -0.1) is 0 Å². The Labute approximate surface area is 187 Å². The summed E-state index contributed by atoms with van der Waals surface area (Å²) in [5.74, 6) is 1.54. The predicted octanol–water partition coefficient (Wildman–Crippen LogP) is 8.40. The highest BCUT2D eigenvalue weighted by atomic mass is 79.9. The molecule has 162 valence electrons. The Hall–Kier alpha value is -1.87. The summed E-state index contributed by atoms with van der Waals surface area (Å²) in [4.78, 5) is 9.69. The predicted molar refractivity (Wildman–Crippen MR) is 133 cm³/mol. The van der Waals surface area contributed by atoms with Crippen LogP contribution in [0.15, 0.2) is 64.4 Å². The lowest BCUT2D eigenvalue weighted by Gasteiger charge is -2.11. The average molecular weight is 464 g/mol. The fraction of sp³-hybridized carbons (Fsp3) is 0.423. The van der Waals surface area contributed by atoms with Gasteiger partial charge in [-0.1, -0.05) is 59.6 Å². The summed E-state index contributed by atoms with van der Waals surface area (Å²) in [7, 11) is 1.68. The van der Waals surface area contributed by atoms with E-state index in [1.54, 1.807) is 7.11 Å². The fourth-order valence-electron chi connectivity index (χ4n) is 2.08. The highest BCUT2D eigenvalue weighted by Crippen LogP contribution is 2.25. The maximum atomic E-state index is 9.69. The van der Waals surface area contributed by atoms with Crippen LogP contribution in [0.25, 0.3) is 0 Å². The first-order valence-corrected chi connectivity index (χ1v) is 10.6. The monoisotopic (exact) mass is 462 g/mol. The van der Waals surface area contributed by atoms with Crippen LogP contribution in [-0.2, 0) is 9.53 Å². The lowest BCUT2D eigenvalue weighted by molar-refractivity contribution is -0.112. The van der Waals surface area contributed by atoms with Crippen LogP contribution in [0, 0.1) is 13.8 Å². The van der Waals surface area contributed by atoms with Crippen molar-refractivity contribution in [3.63, 3.8) is 0 Å². The van der Waals surface area contributed by atoms with Gasteiger partial charge in [-0.05, 0) is 95.4 Å². The average Bonchev–Trinajstić information content (AvgIpc) is 2.65. The molecule has 1 aromatic rings. The number of allylic oxidation sites excluding steroid dienone is 6. The molecule has 0 aliphatic heterocycles. The van der Waals surface area contributed by atoms with Gasteiger partial charge in [0.15, 0.2) is 5.78 Å². The number of carbonyl (C=O) groups is 1. The van der Waals surface area contributed by atoms with Crippen molar-refractivity contribution >= 4 is 21.7 Å². The van der Waals surface area contributed by atoms with Crippen molar-refractivity contribution in [3.05, 3.63) is 81.1 Å². The Bertz CT molecular complexity index is 746. The van der Waals surface area contributed by atoms with Crippen LogP contribution in [0.2, 0.25) is 0 Å². The molecule has 0 aliphatic rings. The minimum Gasteiger partial charge on any atom is -0.497 e. The van der Waals surface area contributed by atoms with Crippen molar-refractivity contribution < 1.29 is 9.53 Å². The van der Waals surface area contributed by atoms with E-state index in [0.29, 0.717) is 5.92 Å². The molecule has 1 rings (SSSR count). The molecule has 0 unspecified atom stereocenters. The second kappa shape index (κ2) is 16.0. The van der Waals surface area contributed by atoms with Gasteiger partial charge in [-0.3, -0.25) is 4.79 Å². The van der Waals surface area contributed by atoms with Crippen LogP contribution < -0.4 is 0 Å². The molecule has 0 amide bonds. The summed E-state index contributed by atoms with van der Waals surface area (Å²) in [6, 6.07) is 4.47. The van der Waals surface area contributed by atoms with Crippen molar-refractivity contribution in [2.75, 3.05) is 7.11 Å². The van der Waals surface area contributed by atoms with E-state index < -0.39 is 0 Å². The van der Waals surface area contributed by atoms with Gasteiger partial charge in [-0.25, -0.2) is 0 Å². The van der Waals surface area contributed by atoms with E-state index in [2.05, 4.69) is 89.2 Å². The quantitative estimate of drug-likeness (QED) is 0.249. The molecule has 0 spiro atoms. The number of hydrogen-bond donors (Lipinski definition) is 0. The van der Waals surface area contributed by atoms with E-state index in [-0.39, 0.29) is 5.78 Å². The van der Waals surface area contributed by atoms with Gasteiger partial charge in [0.25, 0.3) is 0 Å². The summed E-state index contributed by atoms with van der Waals surface area (Å²) < 4.78 is 6.29. The Morgan fingerprint density at radius 1 is 1.07 bits per heavy atom. The van der Waals surface area contributed by atoms with Crippen LogP contribution >= 0.6 is 15.9 Å². The summed E-state index contributed by atoms with van der Waals surface area (Å²) in [5.41, 5.74) is 6.77. The Morgan fingerprint density at radius 3 is 1.93 bits per heavy atom. The second-order valence-electron chi connectivity index (χ2n) is 7.34. The van der Waals surface area contributed by atoms with Gasteiger partial charge in [0.1, 0.15) is 5.76 Å². The van der Waals surface area contributed by atoms with E-state index in [1.165, 1.54) is 45.3 Å². The number of halogens is 1. The van der Waals surface area contributed by atoms with Gasteiger partial charge in [0.05, 0.1) is 7.11 Å². The smallest absolute Gasteiger partial charge is 0.152 e. The molecule has 0 fully saturated rings. The number of ketones is 1. The number of carbonyl (C=O) groups excluding carboxylic acids is 1. The topological polar surface area (TPSA) is 26.3 Å². The maximum absolute atomic E-state index is 9.69. The standard InChI is InChI=1S/C11H15Br.C11H18O.C4H6O/c1-7(2)10-5-9(4)11(12)6-8(10)3;1-6-11(12-5)8-7-10(4)9(2)3;1-3-4(2)5/h5-7H,1-4H3;6-8H,1-5H3;3H,1H2,2H3/b;8-7-,11-6+;. The van der Waals surface area contributed by atoms with E-state index in [9.17, 15) is 4.79 Å². The number of hydrogen-bond acceptors (Lipinski definition) is 2. The van der Waals surface area contributed by atoms with Crippen LogP contribution in [0.5, 0.6) is 0 Å². The van der Waals surface area contributed by atoms with E-state index in [4.69, 9.17) is 4.74 Å².